The maximum atomic E-state index is 6.19. The van der Waals surface area contributed by atoms with Crippen molar-refractivity contribution in [1.82, 2.24) is 5.32 Å². The van der Waals surface area contributed by atoms with Gasteiger partial charge < -0.3 is 10.1 Å². The van der Waals surface area contributed by atoms with Gasteiger partial charge in [-0.25, -0.2) is 0 Å². The molecule has 1 N–H and O–H groups in total. The Bertz CT molecular complexity index is 423. The van der Waals surface area contributed by atoms with E-state index >= 15 is 0 Å². The maximum absolute atomic E-state index is 6.19. The fraction of sp³-hybridized carbons (Fsp3) is 0.600. The van der Waals surface area contributed by atoms with Crippen LogP contribution in [-0.2, 0) is 4.74 Å². The molecule has 2 aliphatic rings. The molecule has 1 heterocycles. The van der Waals surface area contributed by atoms with Crippen molar-refractivity contribution in [3.8, 4) is 0 Å². The molecule has 1 saturated heterocycles. The first-order valence-corrected chi connectivity index (χ1v) is 7.66. The van der Waals surface area contributed by atoms with Crippen LogP contribution < -0.4 is 5.32 Å². The van der Waals surface area contributed by atoms with Crippen LogP contribution in [0.3, 0.4) is 0 Å². The normalized spacial score (nSPS) is 36.1. The summed E-state index contributed by atoms with van der Waals surface area (Å²) in [6.45, 7) is 3.14. The standard InChI is InChI=1S/C15H20BrNO/c1-10-15(11-4-2-6-13(16)8-11)18-9-12-5-3-7-14(12)17-10/h2,4,6,8,10,12,14-15,17H,3,5,7,9H2,1H3. The van der Waals surface area contributed by atoms with Crippen molar-refractivity contribution in [2.24, 2.45) is 5.92 Å². The van der Waals surface area contributed by atoms with E-state index in [0.29, 0.717) is 18.0 Å². The SMILES string of the molecule is CC1NC2CCCC2COC1c1cccc(Br)c1. The van der Waals surface area contributed by atoms with Crippen molar-refractivity contribution < 1.29 is 4.74 Å². The zero-order chi connectivity index (χ0) is 12.5. The van der Waals surface area contributed by atoms with Gasteiger partial charge in [-0.15, -0.1) is 0 Å². The Labute approximate surface area is 117 Å². The Morgan fingerprint density at radius 1 is 1.33 bits per heavy atom. The largest absolute Gasteiger partial charge is 0.372 e. The Hall–Kier alpha value is -0.380. The molecule has 3 heteroatoms. The molecular formula is C15H20BrNO. The summed E-state index contributed by atoms with van der Waals surface area (Å²) in [5, 5.41) is 3.77. The number of nitrogens with one attached hydrogen (secondary N) is 1. The second kappa shape index (κ2) is 5.32. The molecule has 18 heavy (non-hydrogen) atoms. The second-order valence-electron chi connectivity index (χ2n) is 5.56. The minimum atomic E-state index is 0.174. The third-order valence-electron chi connectivity index (χ3n) is 4.26. The van der Waals surface area contributed by atoms with Gasteiger partial charge in [0.15, 0.2) is 0 Å². The van der Waals surface area contributed by atoms with Crippen molar-refractivity contribution in [3.63, 3.8) is 0 Å². The summed E-state index contributed by atoms with van der Waals surface area (Å²) in [5.41, 5.74) is 1.27. The Morgan fingerprint density at radius 2 is 2.22 bits per heavy atom. The van der Waals surface area contributed by atoms with Gasteiger partial charge >= 0.3 is 0 Å². The van der Waals surface area contributed by atoms with Crippen molar-refractivity contribution in [3.05, 3.63) is 34.3 Å². The first-order valence-electron chi connectivity index (χ1n) is 6.87. The molecule has 4 unspecified atom stereocenters. The van der Waals surface area contributed by atoms with Gasteiger partial charge in [-0.3, -0.25) is 0 Å². The van der Waals surface area contributed by atoms with Crippen LogP contribution in [0, 0.1) is 5.92 Å². The molecule has 0 radical (unpaired) electrons. The van der Waals surface area contributed by atoms with Crippen LogP contribution in [0.2, 0.25) is 0 Å². The molecule has 0 aromatic heterocycles. The highest BCUT2D eigenvalue weighted by Crippen LogP contribution is 2.34. The third kappa shape index (κ3) is 2.49. The average molecular weight is 310 g/mol. The smallest absolute Gasteiger partial charge is 0.0975 e. The van der Waals surface area contributed by atoms with E-state index in [9.17, 15) is 0 Å². The average Bonchev–Trinajstić information content (AvgIpc) is 2.71. The van der Waals surface area contributed by atoms with E-state index in [-0.39, 0.29) is 6.10 Å². The molecule has 2 nitrogen and oxygen atoms in total. The molecule has 0 amide bonds. The molecule has 0 spiro atoms. The molecule has 1 aliphatic carbocycles. The number of halogens is 1. The Kier molecular flexibility index (Phi) is 3.73. The lowest BCUT2D eigenvalue weighted by Gasteiger charge is -2.24. The zero-order valence-corrected chi connectivity index (χ0v) is 12.3. The Balaban J connectivity index is 1.80. The van der Waals surface area contributed by atoms with E-state index in [4.69, 9.17) is 4.74 Å². The highest BCUT2D eigenvalue weighted by Gasteiger charge is 2.35. The van der Waals surface area contributed by atoms with Gasteiger partial charge in [0.2, 0.25) is 0 Å². The van der Waals surface area contributed by atoms with E-state index in [0.717, 1.165) is 11.1 Å². The lowest BCUT2D eigenvalue weighted by molar-refractivity contribution is 0.0306. The molecule has 3 rings (SSSR count). The number of benzene rings is 1. The molecule has 1 aromatic carbocycles. The molecular weight excluding hydrogens is 290 g/mol. The first kappa shape index (κ1) is 12.6. The van der Waals surface area contributed by atoms with E-state index < -0.39 is 0 Å². The van der Waals surface area contributed by atoms with Crippen molar-refractivity contribution >= 4 is 15.9 Å². The summed E-state index contributed by atoms with van der Waals surface area (Å²) in [4.78, 5) is 0. The summed E-state index contributed by atoms with van der Waals surface area (Å²) in [7, 11) is 0. The van der Waals surface area contributed by atoms with E-state index in [2.05, 4.69) is 52.4 Å². The van der Waals surface area contributed by atoms with Crippen LogP contribution in [0.4, 0.5) is 0 Å². The monoisotopic (exact) mass is 309 g/mol. The maximum Gasteiger partial charge on any atom is 0.0975 e. The molecule has 0 bridgehead atoms. The van der Waals surface area contributed by atoms with Crippen LogP contribution in [-0.4, -0.2) is 18.7 Å². The molecule has 1 aliphatic heterocycles. The topological polar surface area (TPSA) is 21.3 Å². The minimum absolute atomic E-state index is 0.174. The van der Waals surface area contributed by atoms with Gasteiger partial charge in [0.25, 0.3) is 0 Å². The lowest BCUT2D eigenvalue weighted by atomic mass is 10.0. The van der Waals surface area contributed by atoms with Gasteiger partial charge in [-0.2, -0.15) is 0 Å². The van der Waals surface area contributed by atoms with Crippen molar-refractivity contribution in [2.75, 3.05) is 6.61 Å². The fourth-order valence-electron chi connectivity index (χ4n) is 3.32. The second-order valence-corrected chi connectivity index (χ2v) is 6.48. The number of ether oxygens (including phenoxy) is 1. The number of hydrogen-bond acceptors (Lipinski definition) is 2. The van der Waals surface area contributed by atoms with Gasteiger partial charge in [0.1, 0.15) is 0 Å². The van der Waals surface area contributed by atoms with Crippen molar-refractivity contribution in [2.45, 2.75) is 44.4 Å². The van der Waals surface area contributed by atoms with Crippen molar-refractivity contribution in [1.29, 1.82) is 0 Å². The summed E-state index contributed by atoms with van der Waals surface area (Å²) in [6.07, 6.45) is 4.15. The van der Waals surface area contributed by atoms with Crippen LogP contribution in [0.25, 0.3) is 0 Å². The number of hydrogen-bond donors (Lipinski definition) is 1. The van der Waals surface area contributed by atoms with Crippen LogP contribution in [0.5, 0.6) is 0 Å². The van der Waals surface area contributed by atoms with Gasteiger partial charge in [0.05, 0.1) is 12.7 Å². The quantitative estimate of drug-likeness (QED) is 0.854. The lowest BCUT2D eigenvalue weighted by Crippen LogP contribution is -2.39. The summed E-state index contributed by atoms with van der Waals surface area (Å²) in [6, 6.07) is 9.52. The summed E-state index contributed by atoms with van der Waals surface area (Å²) < 4.78 is 7.31. The molecule has 2 fully saturated rings. The molecule has 98 valence electrons. The minimum Gasteiger partial charge on any atom is -0.372 e. The van der Waals surface area contributed by atoms with Crippen LogP contribution in [0.15, 0.2) is 28.7 Å². The number of rotatable bonds is 1. The fourth-order valence-corrected chi connectivity index (χ4v) is 3.74. The van der Waals surface area contributed by atoms with Crippen LogP contribution in [0.1, 0.15) is 37.9 Å². The highest BCUT2D eigenvalue weighted by molar-refractivity contribution is 9.10. The summed E-state index contributed by atoms with van der Waals surface area (Å²) in [5.74, 6) is 0.713. The van der Waals surface area contributed by atoms with Crippen LogP contribution >= 0.6 is 15.9 Å². The van der Waals surface area contributed by atoms with Gasteiger partial charge in [-0.1, -0.05) is 34.5 Å². The third-order valence-corrected chi connectivity index (χ3v) is 4.75. The molecule has 4 atom stereocenters. The van der Waals surface area contributed by atoms with E-state index in [1.54, 1.807) is 0 Å². The predicted octanol–water partition coefficient (Wildman–Crippen LogP) is 3.67. The number of fused-ring (bicyclic) bond motifs is 1. The summed E-state index contributed by atoms with van der Waals surface area (Å²) >= 11 is 3.54. The molecule has 1 aromatic rings. The zero-order valence-electron chi connectivity index (χ0n) is 10.7. The molecule has 1 saturated carbocycles. The van der Waals surface area contributed by atoms with Gasteiger partial charge in [-0.05, 0) is 43.4 Å². The Morgan fingerprint density at radius 3 is 3.06 bits per heavy atom. The van der Waals surface area contributed by atoms with Gasteiger partial charge in [0, 0.05) is 16.6 Å². The van der Waals surface area contributed by atoms with E-state index in [1.807, 2.05) is 0 Å². The predicted molar refractivity (Wildman–Crippen MR) is 76.6 cm³/mol. The van der Waals surface area contributed by atoms with E-state index in [1.165, 1.54) is 24.8 Å². The first-order chi connectivity index (χ1) is 8.74. The highest BCUT2D eigenvalue weighted by atomic mass is 79.9.